The van der Waals surface area contributed by atoms with Crippen LogP contribution in [0.15, 0.2) is 91.4 Å². The molecule has 1 aliphatic rings. The molecule has 1 saturated heterocycles. The van der Waals surface area contributed by atoms with Crippen molar-refractivity contribution >= 4 is 5.78 Å². The van der Waals surface area contributed by atoms with Gasteiger partial charge in [0.05, 0.1) is 18.0 Å². The van der Waals surface area contributed by atoms with Gasteiger partial charge in [0.2, 0.25) is 5.78 Å². The average molecular weight is 515 g/mol. The quantitative estimate of drug-likeness (QED) is 0.326. The van der Waals surface area contributed by atoms with E-state index < -0.39 is 0 Å². The number of aromatic nitrogens is 7. The number of rotatable bonds is 7. The maximum atomic E-state index is 9.55. The molecule has 5 heterocycles. The molecule has 0 aliphatic carbocycles. The topological polar surface area (TPSA) is 108 Å². The summed E-state index contributed by atoms with van der Waals surface area (Å²) in [5.74, 6) is 2.45. The van der Waals surface area contributed by atoms with Crippen molar-refractivity contribution in [1.29, 1.82) is 0 Å². The summed E-state index contributed by atoms with van der Waals surface area (Å²) >= 11 is 0. The fraction of sp³-hybridized carbons (Fsp3) is 0.167. The van der Waals surface area contributed by atoms with Crippen molar-refractivity contribution < 1.29 is 5.11 Å². The molecule has 2 N–H and O–H groups in total. The Balaban J connectivity index is 1.07. The van der Waals surface area contributed by atoms with Gasteiger partial charge >= 0.3 is 0 Å². The number of hydrogen-bond acceptors (Lipinski definition) is 7. The Morgan fingerprint density at radius 1 is 0.846 bits per heavy atom. The third-order valence-corrected chi connectivity index (χ3v) is 7.11. The van der Waals surface area contributed by atoms with E-state index in [9.17, 15) is 5.11 Å². The summed E-state index contributed by atoms with van der Waals surface area (Å²) in [5.41, 5.74) is 6.63. The van der Waals surface area contributed by atoms with Crippen LogP contribution < -0.4 is 0 Å². The lowest BCUT2D eigenvalue weighted by Crippen LogP contribution is -2.44. The molecular weight excluding hydrogens is 488 g/mol. The SMILES string of the molecule is OCc1cn2cc(-c3ccccc3)c(-c3ccc(CN4CC(c5n[nH]c(-c6ccccn6)n5)C4)cc3)nc2n1. The third kappa shape index (κ3) is 4.58. The lowest BCUT2D eigenvalue weighted by Gasteiger charge is -2.37. The van der Waals surface area contributed by atoms with E-state index >= 15 is 0 Å². The minimum atomic E-state index is -0.118. The molecule has 6 aromatic rings. The highest BCUT2D eigenvalue weighted by Gasteiger charge is 2.31. The molecule has 0 atom stereocenters. The summed E-state index contributed by atoms with van der Waals surface area (Å²) in [6.45, 7) is 2.59. The summed E-state index contributed by atoms with van der Waals surface area (Å²) in [6, 6.07) is 24.6. The van der Waals surface area contributed by atoms with E-state index in [1.807, 2.05) is 53.2 Å². The average Bonchev–Trinajstić information content (AvgIpc) is 3.62. The number of likely N-dealkylation sites (tertiary alicyclic amines) is 1. The van der Waals surface area contributed by atoms with Crippen molar-refractivity contribution in [2.75, 3.05) is 13.1 Å². The highest BCUT2D eigenvalue weighted by molar-refractivity contribution is 5.81. The molecule has 1 fully saturated rings. The van der Waals surface area contributed by atoms with Gasteiger partial charge in [0.25, 0.3) is 0 Å². The van der Waals surface area contributed by atoms with E-state index in [2.05, 4.69) is 66.4 Å². The summed E-state index contributed by atoms with van der Waals surface area (Å²) in [7, 11) is 0. The van der Waals surface area contributed by atoms with Gasteiger partial charge in [-0.25, -0.2) is 15.0 Å². The molecule has 0 spiro atoms. The number of H-pyrrole nitrogens is 1. The van der Waals surface area contributed by atoms with Crippen molar-refractivity contribution in [2.24, 2.45) is 0 Å². The van der Waals surface area contributed by atoms with Gasteiger partial charge in [-0.3, -0.25) is 19.4 Å². The number of aliphatic hydroxyl groups is 1. The van der Waals surface area contributed by atoms with Gasteiger partial charge in [-0.1, -0.05) is 60.7 Å². The fourth-order valence-electron chi connectivity index (χ4n) is 5.06. The Kier molecular flexibility index (Phi) is 5.92. The first-order valence-corrected chi connectivity index (χ1v) is 12.9. The van der Waals surface area contributed by atoms with E-state index in [4.69, 9.17) is 4.98 Å². The van der Waals surface area contributed by atoms with Crippen molar-refractivity contribution in [2.45, 2.75) is 19.1 Å². The summed E-state index contributed by atoms with van der Waals surface area (Å²) in [6.07, 6.45) is 5.62. The Hall–Kier alpha value is -4.73. The number of fused-ring (bicyclic) bond motifs is 1. The predicted molar refractivity (Wildman–Crippen MR) is 147 cm³/mol. The van der Waals surface area contributed by atoms with Gasteiger partial charge in [0.15, 0.2) is 11.6 Å². The molecular formula is C30H26N8O. The molecule has 0 saturated carbocycles. The first-order valence-electron chi connectivity index (χ1n) is 12.9. The molecule has 0 radical (unpaired) electrons. The minimum absolute atomic E-state index is 0.118. The van der Waals surface area contributed by atoms with Crippen LogP contribution in [0.4, 0.5) is 0 Å². The Morgan fingerprint density at radius 3 is 2.44 bits per heavy atom. The fourth-order valence-corrected chi connectivity index (χ4v) is 5.06. The van der Waals surface area contributed by atoms with Crippen molar-refractivity contribution in [3.05, 3.63) is 108 Å². The lowest BCUT2D eigenvalue weighted by atomic mass is 9.97. The largest absolute Gasteiger partial charge is 0.390 e. The number of aromatic amines is 1. The van der Waals surface area contributed by atoms with Gasteiger partial charge in [-0.05, 0) is 23.3 Å². The van der Waals surface area contributed by atoms with Gasteiger partial charge in [-0.2, -0.15) is 5.10 Å². The standard InChI is InChI=1S/C30H26N8O/c39-19-24-17-38-18-25(21-6-2-1-3-7-21)27(33-30(38)32-24)22-11-9-20(10-12-22)14-37-15-23(16-37)28-34-29(36-35-28)26-8-4-5-13-31-26/h1-13,17-18,23,39H,14-16,19H2,(H,34,35,36). The zero-order valence-electron chi connectivity index (χ0n) is 21.1. The van der Waals surface area contributed by atoms with Gasteiger partial charge in [0, 0.05) is 55.3 Å². The van der Waals surface area contributed by atoms with Crippen LogP contribution in [-0.2, 0) is 13.2 Å². The zero-order valence-corrected chi connectivity index (χ0v) is 21.1. The molecule has 0 bridgehead atoms. The first-order chi connectivity index (χ1) is 19.2. The van der Waals surface area contributed by atoms with Gasteiger partial charge in [0.1, 0.15) is 5.69 Å². The second-order valence-electron chi connectivity index (χ2n) is 9.81. The number of aliphatic hydroxyl groups excluding tert-OH is 1. The molecule has 1 aliphatic heterocycles. The molecule has 0 unspecified atom stereocenters. The highest BCUT2D eigenvalue weighted by atomic mass is 16.3. The molecule has 2 aromatic carbocycles. The number of nitrogens with zero attached hydrogens (tertiary/aromatic N) is 7. The molecule has 39 heavy (non-hydrogen) atoms. The normalized spacial score (nSPS) is 14.1. The van der Waals surface area contributed by atoms with E-state index in [0.29, 0.717) is 23.2 Å². The van der Waals surface area contributed by atoms with Crippen LogP contribution in [0.25, 0.3) is 39.7 Å². The van der Waals surface area contributed by atoms with Crippen LogP contribution in [0.1, 0.15) is 23.0 Å². The highest BCUT2D eigenvalue weighted by Crippen LogP contribution is 2.32. The molecule has 0 amide bonds. The van der Waals surface area contributed by atoms with Gasteiger partial charge in [-0.15, -0.1) is 0 Å². The van der Waals surface area contributed by atoms with Crippen LogP contribution in [0.5, 0.6) is 0 Å². The summed E-state index contributed by atoms with van der Waals surface area (Å²) < 4.78 is 1.87. The number of nitrogens with one attached hydrogen (secondary N) is 1. The van der Waals surface area contributed by atoms with Gasteiger partial charge < -0.3 is 5.11 Å². The lowest BCUT2D eigenvalue weighted by molar-refractivity contribution is 0.135. The predicted octanol–water partition coefficient (Wildman–Crippen LogP) is 4.34. The first kappa shape index (κ1) is 23.4. The molecule has 192 valence electrons. The minimum Gasteiger partial charge on any atom is -0.390 e. The van der Waals surface area contributed by atoms with E-state index in [-0.39, 0.29) is 6.61 Å². The van der Waals surface area contributed by atoms with Crippen molar-refractivity contribution in [3.8, 4) is 33.9 Å². The second kappa shape index (κ2) is 9.86. The van der Waals surface area contributed by atoms with Crippen LogP contribution >= 0.6 is 0 Å². The maximum Gasteiger partial charge on any atom is 0.234 e. The van der Waals surface area contributed by atoms with Crippen molar-refractivity contribution in [1.82, 2.24) is 39.4 Å². The number of pyridine rings is 1. The Morgan fingerprint density at radius 2 is 1.67 bits per heavy atom. The molecule has 4 aromatic heterocycles. The molecule has 9 nitrogen and oxygen atoms in total. The maximum absolute atomic E-state index is 9.55. The zero-order chi connectivity index (χ0) is 26.2. The van der Waals surface area contributed by atoms with E-state index in [1.165, 1.54) is 5.56 Å². The van der Waals surface area contributed by atoms with Crippen molar-refractivity contribution in [3.63, 3.8) is 0 Å². The monoisotopic (exact) mass is 514 g/mol. The smallest absolute Gasteiger partial charge is 0.234 e. The second-order valence-corrected chi connectivity index (χ2v) is 9.81. The number of imidazole rings is 1. The number of hydrogen-bond donors (Lipinski definition) is 2. The van der Waals surface area contributed by atoms with Crippen LogP contribution in [0.2, 0.25) is 0 Å². The van der Waals surface area contributed by atoms with Crippen LogP contribution in [-0.4, -0.2) is 57.6 Å². The molecule has 9 heteroatoms. The summed E-state index contributed by atoms with van der Waals surface area (Å²) in [5, 5.41) is 17.0. The number of benzene rings is 2. The molecule has 7 rings (SSSR count). The Labute approximate surface area is 224 Å². The van der Waals surface area contributed by atoms with E-state index in [0.717, 1.165) is 53.5 Å². The Bertz CT molecular complexity index is 1720. The summed E-state index contributed by atoms with van der Waals surface area (Å²) in [4.78, 5) is 20.8. The van der Waals surface area contributed by atoms with Crippen LogP contribution in [0.3, 0.4) is 0 Å². The van der Waals surface area contributed by atoms with E-state index in [1.54, 1.807) is 6.20 Å². The van der Waals surface area contributed by atoms with Crippen LogP contribution in [0, 0.1) is 0 Å². The third-order valence-electron chi connectivity index (χ3n) is 7.11.